The molecule has 2 N–H and O–H groups in total. The van der Waals surface area contributed by atoms with Crippen LogP contribution in [0.5, 0.6) is 0 Å². The lowest BCUT2D eigenvalue weighted by Gasteiger charge is -2.14. The van der Waals surface area contributed by atoms with Gasteiger partial charge in [-0.1, -0.05) is 6.58 Å². The summed E-state index contributed by atoms with van der Waals surface area (Å²) in [7, 11) is 1.72. The third-order valence-electron chi connectivity index (χ3n) is 3.87. The number of alkyl halides is 3. The first kappa shape index (κ1) is 20.1. The monoisotopic (exact) mass is 405 g/mol. The minimum absolute atomic E-state index is 0.0111. The second kappa shape index (κ2) is 7.74. The Bertz CT molecular complexity index is 1060. The number of imidazole rings is 1. The lowest BCUT2D eigenvalue weighted by atomic mass is 10.1. The predicted octanol–water partition coefficient (Wildman–Crippen LogP) is 4.51. The van der Waals surface area contributed by atoms with Gasteiger partial charge in [-0.05, 0) is 30.3 Å². The summed E-state index contributed by atoms with van der Waals surface area (Å²) in [5.41, 5.74) is -0.135. The van der Waals surface area contributed by atoms with E-state index in [1.165, 1.54) is 12.4 Å². The summed E-state index contributed by atoms with van der Waals surface area (Å²) in [6.45, 7) is 3.34. The fraction of sp³-hybridized carbons (Fsp3) is 0.105. The normalized spacial score (nSPS) is 11.2. The number of hydrogen-bond donors (Lipinski definition) is 2. The molecule has 2 heterocycles. The molecule has 3 rings (SSSR count). The van der Waals surface area contributed by atoms with Crippen LogP contribution in [-0.2, 0) is 18.0 Å². The van der Waals surface area contributed by atoms with Gasteiger partial charge in [0.2, 0.25) is 5.91 Å². The number of aryl methyl sites for hydroxylation is 1. The average molecular weight is 405 g/mol. The quantitative estimate of drug-likeness (QED) is 0.484. The zero-order valence-corrected chi connectivity index (χ0v) is 15.1. The van der Waals surface area contributed by atoms with Crippen LogP contribution in [0.25, 0.3) is 11.3 Å². The first-order valence-corrected chi connectivity index (χ1v) is 8.23. The molecule has 29 heavy (non-hydrogen) atoms. The minimum Gasteiger partial charge on any atom is -0.340 e. The summed E-state index contributed by atoms with van der Waals surface area (Å²) in [4.78, 5) is 19.4. The van der Waals surface area contributed by atoms with E-state index in [4.69, 9.17) is 0 Å². The van der Waals surface area contributed by atoms with Crippen molar-refractivity contribution in [2.24, 2.45) is 7.05 Å². The van der Waals surface area contributed by atoms with Crippen molar-refractivity contribution in [2.75, 3.05) is 10.6 Å². The minimum atomic E-state index is -4.53. The van der Waals surface area contributed by atoms with Crippen LogP contribution >= 0.6 is 0 Å². The highest BCUT2D eigenvalue weighted by Crippen LogP contribution is 2.35. The number of carbonyl (C=O) groups is 1. The van der Waals surface area contributed by atoms with Gasteiger partial charge in [0.1, 0.15) is 11.6 Å². The van der Waals surface area contributed by atoms with Crippen molar-refractivity contribution >= 4 is 23.1 Å². The van der Waals surface area contributed by atoms with Gasteiger partial charge < -0.3 is 15.2 Å². The molecule has 0 aliphatic heterocycles. The lowest BCUT2D eigenvalue weighted by molar-refractivity contribution is -0.137. The third-order valence-corrected chi connectivity index (χ3v) is 3.87. The molecule has 0 fully saturated rings. The molecule has 0 aliphatic rings. The van der Waals surface area contributed by atoms with E-state index in [0.29, 0.717) is 11.9 Å². The van der Waals surface area contributed by atoms with Crippen LogP contribution in [0.3, 0.4) is 0 Å². The topological polar surface area (TPSA) is 71.8 Å². The van der Waals surface area contributed by atoms with Gasteiger partial charge in [-0.25, -0.2) is 14.4 Å². The fourth-order valence-electron chi connectivity index (χ4n) is 2.52. The van der Waals surface area contributed by atoms with Gasteiger partial charge >= 0.3 is 6.18 Å². The maximum atomic E-state index is 14.8. The Morgan fingerprint density at radius 1 is 1.24 bits per heavy atom. The molecule has 0 bridgehead atoms. The standard InChI is InChI=1S/C19H15F4N5O/c1-3-17(29)26-12-6-13(15-9-28(2)10-25-15)18(14(20)7-12)27-16-5-4-11(8-24-16)19(21,22)23/h3-10H,1H2,2H3,(H,24,27)(H,26,29). The van der Waals surface area contributed by atoms with Gasteiger partial charge in [-0.2, -0.15) is 13.2 Å². The highest BCUT2D eigenvalue weighted by molar-refractivity contribution is 5.99. The van der Waals surface area contributed by atoms with Gasteiger partial charge in [0, 0.05) is 30.7 Å². The third kappa shape index (κ3) is 4.60. The lowest BCUT2D eigenvalue weighted by Crippen LogP contribution is -2.09. The van der Waals surface area contributed by atoms with E-state index in [9.17, 15) is 22.4 Å². The van der Waals surface area contributed by atoms with Crippen LogP contribution in [0.1, 0.15) is 5.56 Å². The highest BCUT2D eigenvalue weighted by Gasteiger charge is 2.30. The molecule has 10 heteroatoms. The number of aromatic nitrogens is 3. The molecule has 0 unspecified atom stereocenters. The van der Waals surface area contributed by atoms with Gasteiger partial charge in [0.25, 0.3) is 0 Å². The molecule has 2 aromatic heterocycles. The molecule has 3 aromatic rings. The number of nitrogens with one attached hydrogen (secondary N) is 2. The largest absolute Gasteiger partial charge is 0.417 e. The SMILES string of the molecule is C=CC(=O)Nc1cc(F)c(Nc2ccc(C(F)(F)F)cn2)c(-c2cn(C)cn2)c1. The maximum absolute atomic E-state index is 14.8. The number of hydrogen-bond acceptors (Lipinski definition) is 4. The number of nitrogens with zero attached hydrogens (tertiary/aromatic N) is 3. The fourth-order valence-corrected chi connectivity index (χ4v) is 2.52. The van der Waals surface area contributed by atoms with Crippen LogP contribution in [0.15, 0.2) is 55.6 Å². The summed E-state index contributed by atoms with van der Waals surface area (Å²) in [6.07, 6.45) is 0.290. The number of anilines is 3. The number of pyridine rings is 1. The molecule has 0 radical (unpaired) electrons. The zero-order chi connectivity index (χ0) is 21.2. The van der Waals surface area contributed by atoms with E-state index in [2.05, 4.69) is 27.2 Å². The number of benzene rings is 1. The maximum Gasteiger partial charge on any atom is 0.417 e. The van der Waals surface area contributed by atoms with Crippen molar-refractivity contribution in [3.8, 4) is 11.3 Å². The van der Waals surface area contributed by atoms with Crippen molar-refractivity contribution in [3.63, 3.8) is 0 Å². The Balaban J connectivity index is 2.02. The molecule has 0 saturated heterocycles. The Labute approximate surface area is 162 Å². The van der Waals surface area contributed by atoms with E-state index in [1.54, 1.807) is 17.8 Å². The Kier molecular flexibility index (Phi) is 5.35. The van der Waals surface area contributed by atoms with E-state index in [-0.39, 0.29) is 22.8 Å². The van der Waals surface area contributed by atoms with Crippen molar-refractivity contribution in [1.29, 1.82) is 0 Å². The summed E-state index contributed by atoms with van der Waals surface area (Å²) >= 11 is 0. The second-order valence-corrected chi connectivity index (χ2v) is 6.05. The Hall–Kier alpha value is -3.69. The number of rotatable bonds is 5. The molecule has 6 nitrogen and oxygen atoms in total. The smallest absolute Gasteiger partial charge is 0.340 e. The molecule has 150 valence electrons. The zero-order valence-electron chi connectivity index (χ0n) is 15.1. The molecule has 0 spiro atoms. The highest BCUT2D eigenvalue weighted by atomic mass is 19.4. The van der Waals surface area contributed by atoms with Crippen LogP contribution in [0, 0.1) is 5.82 Å². The number of carbonyl (C=O) groups excluding carboxylic acids is 1. The summed E-state index contributed by atoms with van der Waals surface area (Å²) in [6, 6.07) is 4.49. The van der Waals surface area contributed by atoms with Crippen LogP contribution in [0.2, 0.25) is 0 Å². The number of halogens is 4. The molecular weight excluding hydrogens is 390 g/mol. The molecule has 1 aromatic carbocycles. The Morgan fingerprint density at radius 3 is 2.55 bits per heavy atom. The van der Waals surface area contributed by atoms with Crippen LogP contribution in [-0.4, -0.2) is 20.4 Å². The van der Waals surface area contributed by atoms with Crippen LogP contribution in [0.4, 0.5) is 34.8 Å². The Morgan fingerprint density at radius 2 is 2.00 bits per heavy atom. The van der Waals surface area contributed by atoms with E-state index in [1.807, 2.05) is 0 Å². The van der Waals surface area contributed by atoms with Crippen molar-refractivity contribution in [1.82, 2.24) is 14.5 Å². The molecule has 0 saturated carbocycles. The molecule has 0 atom stereocenters. The van der Waals surface area contributed by atoms with Crippen molar-refractivity contribution in [2.45, 2.75) is 6.18 Å². The molecule has 1 amide bonds. The molecule has 0 aliphatic carbocycles. The van der Waals surface area contributed by atoms with Crippen LogP contribution < -0.4 is 10.6 Å². The number of amides is 1. The predicted molar refractivity (Wildman–Crippen MR) is 100.0 cm³/mol. The van der Waals surface area contributed by atoms with Gasteiger partial charge in [-0.3, -0.25) is 4.79 Å². The summed E-state index contributed by atoms with van der Waals surface area (Å²) in [5, 5.41) is 5.15. The van der Waals surface area contributed by atoms with Crippen molar-refractivity contribution in [3.05, 3.63) is 67.0 Å². The van der Waals surface area contributed by atoms with Gasteiger partial charge in [-0.15, -0.1) is 0 Å². The van der Waals surface area contributed by atoms with Crippen molar-refractivity contribution < 1.29 is 22.4 Å². The van der Waals surface area contributed by atoms with E-state index >= 15 is 0 Å². The van der Waals surface area contributed by atoms with Gasteiger partial charge in [0.15, 0.2) is 0 Å². The molecular formula is C19H15F4N5O. The second-order valence-electron chi connectivity index (χ2n) is 6.05. The first-order chi connectivity index (χ1) is 13.7. The first-order valence-electron chi connectivity index (χ1n) is 8.23. The van der Waals surface area contributed by atoms with Gasteiger partial charge in [0.05, 0.1) is 23.3 Å². The van der Waals surface area contributed by atoms with E-state index in [0.717, 1.165) is 24.3 Å². The summed E-state index contributed by atoms with van der Waals surface area (Å²) in [5.74, 6) is -1.27. The van der Waals surface area contributed by atoms with E-state index < -0.39 is 23.5 Å². The average Bonchev–Trinajstić information content (AvgIpc) is 3.09. The summed E-state index contributed by atoms with van der Waals surface area (Å²) < 4.78 is 54.6.